The molecule has 6 heteroatoms. The SMILES string of the molecule is Nc1ccc(F)cc1C(=O)N1CCC(N2CCOCC2)C1. The molecule has 2 fully saturated rings. The van der Waals surface area contributed by atoms with E-state index in [1.807, 2.05) is 0 Å². The molecule has 2 saturated heterocycles. The molecular weight excluding hydrogens is 273 g/mol. The van der Waals surface area contributed by atoms with Gasteiger partial charge in [0.05, 0.1) is 18.8 Å². The molecule has 1 amide bonds. The van der Waals surface area contributed by atoms with Crippen LogP contribution in [0.5, 0.6) is 0 Å². The van der Waals surface area contributed by atoms with Crippen molar-refractivity contribution in [3.05, 3.63) is 29.6 Å². The third kappa shape index (κ3) is 3.01. The van der Waals surface area contributed by atoms with Crippen LogP contribution in [0.15, 0.2) is 18.2 Å². The van der Waals surface area contributed by atoms with Gasteiger partial charge in [0.2, 0.25) is 0 Å². The minimum Gasteiger partial charge on any atom is -0.398 e. The molecule has 0 aliphatic carbocycles. The van der Waals surface area contributed by atoms with E-state index in [9.17, 15) is 9.18 Å². The molecule has 1 aromatic rings. The third-order valence-electron chi connectivity index (χ3n) is 4.26. The first-order valence-electron chi connectivity index (χ1n) is 7.31. The Kier molecular flexibility index (Phi) is 4.07. The molecule has 0 radical (unpaired) electrons. The van der Waals surface area contributed by atoms with Gasteiger partial charge in [-0.25, -0.2) is 4.39 Å². The standard InChI is InChI=1S/C15H20FN3O2/c16-11-1-2-14(17)13(9-11)15(20)19-4-3-12(10-19)18-5-7-21-8-6-18/h1-2,9,12H,3-8,10,17H2. The van der Waals surface area contributed by atoms with Crippen molar-refractivity contribution >= 4 is 11.6 Å². The molecule has 2 aliphatic heterocycles. The van der Waals surface area contributed by atoms with E-state index >= 15 is 0 Å². The smallest absolute Gasteiger partial charge is 0.256 e. The van der Waals surface area contributed by atoms with E-state index in [1.165, 1.54) is 18.2 Å². The minimum atomic E-state index is -0.434. The van der Waals surface area contributed by atoms with Crippen LogP contribution in [0.3, 0.4) is 0 Å². The highest BCUT2D eigenvalue weighted by Crippen LogP contribution is 2.22. The van der Waals surface area contributed by atoms with Crippen LogP contribution in [0.25, 0.3) is 0 Å². The van der Waals surface area contributed by atoms with E-state index in [2.05, 4.69) is 4.90 Å². The number of carbonyl (C=O) groups is 1. The van der Waals surface area contributed by atoms with Gasteiger partial charge in [0, 0.05) is 37.9 Å². The Morgan fingerprint density at radius 2 is 2.05 bits per heavy atom. The lowest BCUT2D eigenvalue weighted by Gasteiger charge is -2.32. The van der Waals surface area contributed by atoms with Crippen LogP contribution < -0.4 is 5.73 Å². The molecule has 114 valence electrons. The molecule has 2 heterocycles. The molecule has 1 atom stereocenters. The molecule has 3 rings (SSSR count). The molecule has 0 aromatic heterocycles. The molecule has 0 bridgehead atoms. The molecule has 1 unspecified atom stereocenters. The molecule has 0 saturated carbocycles. The average molecular weight is 293 g/mol. The van der Waals surface area contributed by atoms with Crippen LogP contribution in [0.2, 0.25) is 0 Å². The monoisotopic (exact) mass is 293 g/mol. The first kappa shape index (κ1) is 14.3. The summed E-state index contributed by atoms with van der Waals surface area (Å²) in [5.41, 5.74) is 6.39. The maximum atomic E-state index is 13.3. The van der Waals surface area contributed by atoms with Gasteiger partial charge in [-0.15, -0.1) is 0 Å². The zero-order valence-electron chi connectivity index (χ0n) is 11.9. The van der Waals surface area contributed by atoms with Crippen molar-refractivity contribution in [2.45, 2.75) is 12.5 Å². The fraction of sp³-hybridized carbons (Fsp3) is 0.533. The Morgan fingerprint density at radius 3 is 2.81 bits per heavy atom. The zero-order chi connectivity index (χ0) is 14.8. The summed E-state index contributed by atoms with van der Waals surface area (Å²) in [4.78, 5) is 16.6. The van der Waals surface area contributed by atoms with Crippen LogP contribution in [0.1, 0.15) is 16.8 Å². The Hall–Kier alpha value is -1.66. The van der Waals surface area contributed by atoms with Crippen molar-refractivity contribution in [2.24, 2.45) is 0 Å². The molecule has 5 nitrogen and oxygen atoms in total. The highest BCUT2D eigenvalue weighted by atomic mass is 19.1. The summed E-state index contributed by atoms with van der Waals surface area (Å²) in [6.45, 7) is 4.69. The second-order valence-electron chi connectivity index (χ2n) is 5.57. The number of hydrogen-bond acceptors (Lipinski definition) is 4. The van der Waals surface area contributed by atoms with Crippen molar-refractivity contribution in [3.8, 4) is 0 Å². The largest absolute Gasteiger partial charge is 0.398 e. The van der Waals surface area contributed by atoms with Gasteiger partial charge in [-0.1, -0.05) is 0 Å². The Morgan fingerprint density at radius 1 is 1.29 bits per heavy atom. The van der Waals surface area contributed by atoms with Gasteiger partial charge in [-0.3, -0.25) is 9.69 Å². The predicted octanol–water partition coefficient (Wildman–Crippen LogP) is 0.955. The highest BCUT2D eigenvalue weighted by Gasteiger charge is 2.32. The maximum Gasteiger partial charge on any atom is 0.256 e. The first-order chi connectivity index (χ1) is 10.1. The summed E-state index contributed by atoms with van der Waals surface area (Å²) in [5.74, 6) is -0.612. The third-order valence-corrected chi connectivity index (χ3v) is 4.26. The van der Waals surface area contributed by atoms with Crippen molar-refractivity contribution in [3.63, 3.8) is 0 Å². The number of ether oxygens (including phenoxy) is 1. The van der Waals surface area contributed by atoms with E-state index < -0.39 is 5.82 Å². The van der Waals surface area contributed by atoms with Gasteiger partial charge < -0.3 is 15.4 Å². The number of benzene rings is 1. The van der Waals surface area contributed by atoms with E-state index in [-0.39, 0.29) is 11.5 Å². The van der Waals surface area contributed by atoms with Gasteiger partial charge in [-0.2, -0.15) is 0 Å². The number of nitrogens with two attached hydrogens (primary N) is 1. The van der Waals surface area contributed by atoms with Gasteiger partial charge in [0.1, 0.15) is 5.82 Å². The number of halogens is 1. The van der Waals surface area contributed by atoms with Crippen molar-refractivity contribution in [1.82, 2.24) is 9.80 Å². The summed E-state index contributed by atoms with van der Waals surface area (Å²) in [6.07, 6.45) is 0.945. The van der Waals surface area contributed by atoms with Crippen molar-refractivity contribution in [1.29, 1.82) is 0 Å². The van der Waals surface area contributed by atoms with E-state index in [1.54, 1.807) is 4.90 Å². The molecule has 0 spiro atoms. The Bertz CT molecular complexity index is 532. The number of amides is 1. The topological polar surface area (TPSA) is 58.8 Å². The van der Waals surface area contributed by atoms with E-state index in [0.29, 0.717) is 24.8 Å². The number of nitrogen functional groups attached to an aromatic ring is 1. The normalized spacial score (nSPS) is 23.5. The molecule has 1 aromatic carbocycles. The zero-order valence-corrected chi connectivity index (χ0v) is 11.9. The highest BCUT2D eigenvalue weighted by molar-refractivity contribution is 5.99. The summed E-state index contributed by atoms with van der Waals surface area (Å²) >= 11 is 0. The lowest BCUT2D eigenvalue weighted by Crippen LogP contribution is -2.45. The number of likely N-dealkylation sites (tertiary alicyclic amines) is 1. The summed E-state index contributed by atoms with van der Waals surface area (Å²) < 4.78 is 18.7. The van der Waals surface area contributed by atoms with E-state index in [4.69, 9.17) is 10.5 Å². The van der Waals surface area contributed by atoms with Gasteiger partial charge in [0.15, 0.2) is 0 Å². The molecular formula is C15H20FN3O2. The predicted molar refractivity (Wildman–Crippen MR) is 77.5 cm³/mol. The lowest BCUT2D eigenvalue weighted by molar-refractivity contribution is 0.0185. The number of rotatable bonds is 2. The van der Waals surface area contributed by atoms with Crippen LogP contribution in [0.4, 0.5) is 10.1 Å². The van der Waals surface area contributed by atoms with Gasteiger partial charge >= 0.3 is 0 Å². The van der Waals surface area contributed by atoms with E-state index in [0.717, 1.165) is 32.7 Å². The van der Waals surface area contributed by atoms with Crippen LogP contribution >= 0.6 is 0 Å². The number of carbonyl (C=O) groups excluding carboxylic acids is 1. The van der Waals surface area contributed by atoms with Crippen molar-refractivity contribution < 1.29 is 13.9 Å². The molecule has 2 aliphatic rings. The quantitative estimate of drug-likeness (QED) is 0.825. The summed E-state index contributed by atoms with van der Waals surface area (Å²) in [7, 11) is 0. The van der Waals surface area contributed by atoms with Crippen LogP contribution in [-0.4, -0.2) is 61.1 Å². The van der Waals surface area contributed by atoms with Crippen molar-refractivity contribution in [2.75, 3.05) is 45.1 Å². The summed E-state index contributed by atoms with van der Waals surface area (Å²) in [5, 5.41) is 0. The Labute approximate surface area is 123 Å². The number of morpholine rings is 1. The first-order valence-corrected chi connectivity index (χ1v) is 7.31. The number of hydrogen-bond donors (Lipinski definition) is 1. The molecule has 21 heavy (non-hydrogen) atoms. The average Bonchev–Trinajstić information content (AvgIpc) is 3.00. The lowest BCUT2D eigenvalue weighted by atomic mass is 10.1. The minimum absolute atomic E-state index is 0.178. The second kappa shape index (κ2) is 5.99. The fourth-order valence-electron chi connectivity index (χ4n) is 3.05. The summed E-state index contributed by atoms with van der Waals surface area (Å²) in [6, 6.07) is 4.30. The van der Waals surface area contributed by atoms with Crippen LogP contribution in [0, 0.1) is 5.82 Å². The van der Waals surface area contributed by atoms with Gasteiger partial charge in [-0.05, 0) is 24.6 Å². The van der Waals surface area contributed by atoms with Gasteiger partial charge in [0.25, 0.3) is 5.91 Å². The fourth-order valence-corrected chi connectivity index (χ4v) is 3.05. The maximum absolute atomic E-state index is 13.3. The second-order valence-corrected chi connectivity index (χ2v) is 5.57. The molecule has 2 N–H and O–H groups in total. The number of nitrogens with zero attached hydrogens (tertiary/aromatic N) is 2. The Balaban J connectivity index is 1.67. The van der Waals surface area contributed by atoms with Crippen LogP contribution in [-0.2, 0) is 4.74 Å². The number of anilines is 1.